The highest BCUT2D eigenvalue weighted by Gasteiger charge is 2.13. The molecule has 82 valence electrons. The van der Waals surface area contributed by atoms with Crippen LogP contribution in [0.1, 0.15) is 11.3 Å². The van der Waals surface area contributed by atoms with Gasteiger partial charge in [0.05, 0.1) is 5.52 Å². The molecule has 0 saturated carbocycles. The number of fused-ring (bicyclic) bond motifs is 2. The number of aryl methyl sites for hydroxylation is 2. The zero-order valence-electron chi connectivity index (χ0n) is 9.41. The molecule has 3 heteroatoms. The van der Waals surface area contributed by atoms with Gasteiger partial charge in [0.15, 0.2) is 11.5 Å². The summed E-state index contributed by atoms with van der Waals surface area (Å²) in [6.45, 7) is 5.32. The molecule has 1 aromatic heterocycles. The third-order valence-corrected chi connectivity index (χ3v) is 2.92. The topological polar surface area (TPSA) is 31.4 Å². The van der Waals surface area contributed by atoms with Crippen molar-refractivity contribution in [2.45, 2.75) is 13.8 Å². The Labute approximate surface area is 94.0 Å². The summed E-state index contributed by atoms with van der Waals surface area (Å²) in [6.07, 6.45) is 0. The molecule has 0 N–H and O–H groups in total. The van der Waals surface area contributed by atoms with Gasteiger partial charge in [-0.05, 0) is 31.5 Å². The third-order valence-electron chi connectivity index (χ3n) is 2.92. The summed E-state index contributed by atoms with van der Waals surface area (Å²) >= 11 is 0. The van der Waals surface area contributed by atoms with E-state index in [1.165, 1.54) is 5.56 Å². The van der Waals surface area contributed by atoms with E-state index < -0.39 is 0 Å². The van der Waals surface area contributed by atoms with Crippen LogP contribution in [0, 0.1) is 13.8 Å². The summed E-state index contributed by atoms with van der Waals surface area (Å²) in [5, 5.41) is 1.10. The largest absolute Gasteiger partial charge is 0.486 e. The van der Waals surface area contributed by atoms with Crippen molar-refractivity contribution in [1.29, 1.82) is 0 Å². The minimum Gasteiger partial charge on any atom is -0.486 e. The summed E-state index contributed by atoms with van der Waals surface area (Å²) in [6, 6.07) is 6.09. The van der Waals surface area contributed by atoms with Crippen LogP contribution in [0.2, 0.25) is 0 Å². The van der Waals surface area contributed by atoms with Gasteiger partial charge >= 0.3 is 0 Å². The van der Waals surface area contributed by atoms with Crippen molar-refractivity contribution in [3.63, 3.8) is 0 Å². The van der Waals surface area contributed by atoms with Gasteiger partial charge in [-0.15, -0.1) is 0 Å². The van der Waals surface area contributed by atoms with E-state index in [4.69, 9.17) is 9.47 Å². The molecule has 0 fully saturated rings. The van der Waals surface area contributed by atoms with Crippen molar-refractivity contribution in [3.8, 4) is 11.5 Å². The van der Waals surface area contributed by atoms with Crippen molar-refractivity contribution >= 4 is 10.9 Å². The van der Waals surface area contributed by atoms with Crippen molar-refractivity contribution in [2.24, 2.45) is 0 Å². The lowest BCUT2D eigenvalue weighted by atomic mass is 10.1. The van der Waals surface area contributed by atoms with Gasteiger partial charge in [0.25, 0.3) is 0 Å². The maximum atomic E-state index is 5.55. The second-order valence-electron chi connectivity index (χ2n) is 4.08. The van der Waals surface area contributed by atoms with Gasteiger partial charge in [0.2, 0.25) is 0 Å². The Balaban J connectivity index is 2.27. The summed E-state index contributed by atoms with van der Waals surface area (Å²) < 4.78 is 11.1. The first-order valence-corrected chi connectivity index (χ1v) is 5.41. The van der Waals surface area contributed by atoms with Gasteiger partial charge in [-0.2, -0.15) is 0 Å². The highest BCUT2D eigenvalue weighted by Crippen LogP contribution is 2.34. The van der Waals surface area contributed by atoms with Gasteiger partial charge in [0.1, 0.15) is 13.2 Å². The number of ether oxygens (including phenoxy) is 2. The zero-order chi connectivity index (χ0) is 11.1. The third kappa shape index (κ3) is 1.40. The molecule has 0 aliphatic carbocycles. The lowest BCUT2D eigenvalue weighted by Crippen LogP contribution is -2.15. The van der Waals surface area contributed by atoms with E-state index in [0.717, 1.165) is 28.1 Å². The molecular formula is C13H13NO2. The maximum absolute atomic E-state index is 5.55. The Kier molecular flexibility index (Phi) is 1.99. The fourth-order valence-electron chi connectivity index (χ4n) is 1.91. The van der Waals surface area contributed by atoms with E-state index in [9.17, 15) is 0 Å². The molecule has 0 radical (unpaired) electrons. The van der Waals surface area contributed by atoms with Gasteiger partial charge in [-0.25, -0.2) is 0 Å². The first-order valence-electron chi connectivity index (χ1n) is 5.41. The second-order valence-corrected chi connectivity index (χ2v) is 4.08. The van der Waals surface area contributed by atoms with Gasteiger partial charge in [0, 0.05) is 17.1 Å². The van der Waals surface area contributed by atoms with Crippen molar-refractivity contribution < 1.29 is 9.47 Å². The molecule has 1 aromatic carbocycles. The van der Waals surface area contributed by atoms with Crippen LogP contribution in [0.4, 0.5) is 0 Å². The summed E-state index contributed by atoms with van der Waals surface area (Å²) in [4.78, 5) is 4.55. The smallest absolute Gasteiger partial charge is 0.163 e. The minimum absolute atomic E-state index is 0.614. The van der Waals surface area contributed by atoms with E-state index >= 15 is 0 Å². The quantitative estimate of drug-likeness (QED) is 0.677. The Morgan fingerprint density at radius 3 is 2.44 bits per heavy atom. The number of nitrogens with zero attached hydrogens (tertiary/aromatic N) is 1. The van der Waals surface area contributed by atoms with Crippen LogP contribution < -0.4 is 9.47 Å². The normalized spacial score (nSPS) is 14.1. The van der Waals surface area contributed by atoms with Crippen molar-refractivity contribution in [1.82, 2.24) is 4.98 Å². The first-order chi connectivity index (χ1) is 7.74. The van der Waals surface area contributed by atoms with Crippen LogP contribution in [0.3, 0.4) is 0 Å². The molecule has 2 aromatic rings. The molecular weight excluding hydrogens is 202 g/mol. The lowest BCUT2D eigenvalue weighted by molar-refractivity contribution is 0.172. The van der Waals surface area contributed by atoms with Gasteiger partial charge in [-0.3, -0.25) is 4.98 Å². The molecule has 0 unspecified atom stereocenters. The monoisotopic (exact) mass is 215 g/mol. The SMILES string of the molecule is Cc1cc2cc3c(cc2nc1C)OCCO3. The van der Waals surface area contributed by atoms with E-state index in [1.807, 2.05) is 19.1 Å². The fourth-order valence-corrected chi connectivity index (χ4v) is 1.91. The van der Waals surface area contributed by atoms with Crippen molar-refractivity contribution in [2.75, 3.05) is 13.2 Å². The molecule has 1 aliphatic heterocycles. The van der Waals surface area contributed by atoms with Crippen LogP contribution in [0.5, 0.6) is 11.5 Å². The Bertz CT molecular complexity index is 513. The molecule has 3 nitrogen and oxygen atoms in total. The number of hydrogen-bond acceptors (Lipinski definition) is 3. The van der Waals surface area contributed by atoms with Gasteiger partial charge < -0.3 is 9.47 Å². The fraction of sp³-hybridized carbons (Fsp3) is 0.308. The Hall–Kier alpha value is -1.77. The van der Waals surface area contributed by atoms with E-state index in [1.54, 1.807) is 0 Å². The molecule has 0 bridgehead atoms. The summed E-state index contributed by atoms with van der Waals surface area (Å²) in [7, 11) is 0. The van der Waals surface area contributed by atoms with E-state index in [0.29, 0.717) is 13.2 Å². The molecule has 2 heterocycles. The van der Waals surface area contributed by atoms with Gasteiger partial charge in [-0.1, -0.05) is 0 Å². The van der Waals surface area contributed by atoms with Crippen LogP contribution in [0.15, 0.2) is 18.2 Å². The van der Waals surface area contributed by atoms with Crippen LogP contribution >= 0.6 is 0 Å². The minimum atomic E-state index is 0.614. The zero-order valence-corrected chi connectivity index (χ0v) is 9.41. The van der Waals surface area contributed by atoms with Crippen molar-refractivity contribution in [3.05, 3.63) is 29.5 Å². The molecule has 0 atom stereocenters. The highest BCUT2D eigenvalue weighted by atomic mass is 16.6. The molecule has 3 rings (SSSR count). The maximum Gasteiger partial charge on any atom is 0.163 e. The van der Waals surface area contributed by atoms with E-state index in [2.05, 4.69) is 18.0 Å². The number of hydrogen-bond donors (Lipinski definition) is 0. The van der Waals surface area contributed by atoms with E-state index in [-0.39, 0.29) is 0 Å². The lowest BCUT2D eigenvalue weighted by Gasteiger charge is -2.18. The van der Waals surface area contributed by atoms with Crippen LogP contribution in [-0.2, 0) is 0 Å². The number of pyridine rings is 1. The molecule has 0 amide bonds. The molecule has 1 aliphatic rings. The average molecular weight is 215 g/mol. The number of aromatic nitrogens is 1. The molecule has 0 spiro atoms. The average Bonchev–Trinajstić information content (AvgIpc) is 2.28. The first kappa shape index (κ1) is 9.46. The number of benzene rings is 1. The standard InChI is InChI=1S/C13H13NO2/c1-8-5-10-6-12-13(16-4-3-15-12)7-11(10)14-9(8)2/h5-7H,3-4H2,1-2H3. The molecule has 0 saturated heterocycles. The highest BCUT2D eigenvalue weighted by molar-refractivity contribution is 5.83. The predicted molar refractivity (Wildman–Crippen MR) is 62.2 cm³/mol. The second kappa shape index (κ2) is 3.37. The summed E-state index contributed by atoms with van der Waals surface area (Å²) in [5.74, 6) is 1.62. The number of rotatable bonds is 0. The Morgan fingerprint density at radius 2 is 1.69 bits per heavy atom. The Morgan fingerprint density at radius 1 is 1.00 bits per heavy atom. The predicted octanol–water partition coefficient (Wildman–Crippen LogP) is 2.62. The molecule has 16 heavy (non-hydrogen) atoms. The summed E-state index contributed by atoms with van der Waals surface area (Å²) in [5.41, 5.74) is 3.22. The van der Waals surface area contributed by atoms with Crippen LogP contribution in [0.25, 0.3) is 10.9 Å². The van der Waals surface area contributed by atoms with Crippen LogP contribution in [-0.4, -0.2) is 18.2 Å².